The fourth-order valence-electron chi connectivity index (χ4n) is 6.18. The molecule has 63 heavy (non-hydrogen) atoms. The third kappa shape index (κ3) is 18.1. The number of nitrogens with one attached hydrogen (secondary N) is 3. The molecule has 0 spiro atoms. The maximum Gasteiger partial charge on any atom is 0.490 e. The van der Waals surface area contributed by atoms with Crippen molar-refractivity contribution >= 4 is 56.6 Å². The molecule has 2 fully saturated rings. The first kappa shape index (κ1) is 52.7. The van der Waals surface area contributed by atoms with Crippen molar-refractivity contribution in [3.8, 4) is 0 Å². The predicted octanol–water partition coefficient (Wildman–Crippen LogP) is -0.0663. The Morgan fingerprint density at radius 1 is 0.778 bits per heavy atom. The molecular formula is C31H48BN5O22P4. The summed E-state index contributed by atoms with van der Waals surface area (Å²) in [7, 11) is -15.6. The van der Waals surface area contributed by atoms with Crippen LogP contribution in [0, 0.1) is 0 Å². The third-order valence-corrected chi connectivity index (χ3v) is 13.9. The number of hydrogen-bond donors (Lipinski definition) is 9. The van der Waals surface area contributed by atoms with E-state index in [1.54, 1.807) is 0 Å². The molecule has 0 aliphatic carbocycles. The molecule has 2 aliphatic rings. The lowest BCUT2D eigenvalue weighted by atomic mass is 10.0. The molecule has 8 unspecified atom stereocenters. The van der Waals surface area contributed by atoms with Crippen LogP contribution in [0.1, 0.15) is 88.6 Å². The summed E-state index contributed by atoms with van der Waals surface area (Å²) in [6.45, 7) is -1.20. The summed E-state index contributed by atoms with van der Waals surface area (Å²) < 4.78 is 81.7. The van der Waals surface area contributed by atoms with Gasteiger partial charge in [-0.2, -0.15) is 8.62 Å². The normalized spacial score (nSPS) is 23.4. The number of hydrogen-bond acceptors (Lipinski definition) is 17. The van der Waals surface area contributed by atoms with Crippen LogP contribution < -0.4 is 33.3 Å². The van der Waals surface area contributed by atoms with Gasteiger partial charge in [0.15, 0.2) is 0 Å². The zero-order valence-corrected chi connectivity index (χ0v) is 36.9. The van der Waals surface area contributed by atoms with Crippen molar-refractivity contribution in [2.24, 2.45) is 0 Å². The molecule has 32 heteroatoms. The highest BCUT2D eigenvalue weighted by Gasteiger charge is 2.42. The average molecular weight is 977 g/mol. The number of aliphatic hydroxyl groups excluding tert-OH is 1. The van der Waals surface area contributed by atoms with E-state index in [4.69, 9.17) is 36.2 Å². The number of carbonyl (C=O) groups is 1. The molecule has 27 nitrogen and oxygen atoms in total. The minimum Gasteiger partial charge on any atom is -0.390 e. The van der Waals surface area contributed by atoms with Crippen LogP contribution in [0.3, 0.4) is 0 Å². The largest absolute Gasteiger partial charge is 0.490 e. The van der Waals surface area contributed by atoms with E-state index in [-0.39, 0.29) is 55.8 Å². The molecule has 0 bridgehead atoms. The Morgan fingerprint density at radius 2 is 1.40 bits per heavy atom. The number of aromatic amines is 2. The van der Waals surface area contributed by atoms with E-state index in [0.29, 0.717) is 19.3 Å². The van der Waals surface area contributed by atoms with Crippen LogP contribution in [0.2, 0.25) is 0 Å². The van der Waals surface area contributed by atoms with Crippen molar-refractivity contribution in [3.05, 3.63) is 65.7 Å². The van der Waals surface area contributed by atoms with Gasteiger partial charge in [0.25, 0.3) is 5.56 Å². The summed E-state index contributed by atoms with van der Waals surface area (Å²) in [6, 6.07) is 0. The first-order valence-corrected chi connectivity index (χ1v) is 25.2. The van der Waals surface area contributed by atoms with Gasteiger partial charge in [-0.15, -0.1) is 0 Å². The molecule has 2 aliphatic heterocycles. The van der Waals surface area contributed by atoms with Gasteiger partial charge in [-0.25, -0.2) is 27.8 Å². The van der Waals surface area contributed by atoms with Gasteiger partial charge in [0.1, 0.15) is 26.4 Å². The lowest BCUT2D eigenvalue weighted by molar-refractivity contribution is -0.121. The van der Waals surface area contributed by atoms with Gasteiger partial charge in [0, 0.05) is 31.8 Å². The number of amides is 1. The van der Waals surface area contributed by atoms with E-state index in [1.165, 1.54) is 18.3 Å². The molecule has 2 aromatic rings. The highest BCUT2D eigenvalue weighted by Crippen LogP contribution is 2.66. The number of ether oxygens (including phenoxy) is 2. The first-order valence-electron chi connectivity index (χ1n) is 19.2. The summed E-state index contributed by atoms with van der Waals surface area (Å²) in [5, 5.41) is 13.0. The van der Waals surface area contributed by atoms with E-state index in [0.717, 1.165) is 41.0 Å². The van der Waals surface area contributed by atoms with Gasteiger partial charge < -0.3 is 44.4 Å². The average Bonchev–Trinajstić information content (AvgIpc) is 3.79. The Kier molecular flexibility index (Phi) is 19.6. The Labute approximate surface area is 358 Å². The van der Waals surface area contributed by atoms with Crippen LogP contribution in [0.15, 0.2) is 37.6 Å². The molecule has 4 heterocycles. The summed E-state index contributed by atoms with van der Waals surface area (Å²) in [4.78, 5) is 111. The zero-order valence-electron chi connectivity index (χ0n) is 33.3. The van der Waals surface area contributed by atoms with Crippen molar-refractivity contribution in [3.63, 3.8) is 0 Å². The van der Waals surface area contributed by atoms with Crippen LogP contribution in [0.25, 0.3) is 6.08 Å². The van der Waals surface area contributed by atoms with E-state index < -0.39 is 97.8 Å². The number of rotatable bonds is 26. The molecule has 0 aromatic carbocycles. The van der Waals surface area contributed by atoms with Crippen LogP contribution in [-0.4, -0.2) is 107 Å². The Morgan fingerprint density at radius 3 is 2.08 bits per heavy atom. The molecule has 2 aromatic heterocycles. The van der Waals surface area contributed by atoms with Crippen molar-refractivity contribution in [1.29, 1.82) is 0 Å². The standard InChI is InChI=1S/C31H48BN5O22P4/c32-22-17-37(31(43)35-29(22)41)27-15-23(38)24(57-27)19-55-61(47,48)53-14-7-5-3-1-2-4-6-10-25(39)33-13-8-9-20-16-36(30(42)34-28(20)40)26-12-11-21(56-26)18-54-62(49,50)59-63(51,52)58-60(44,45)46/h8-9,16-17,21,23-24,26-27,38H,1-7,10-15,18-19H2,(H,33,39)(H,47,48)(H,49,50)(H,51,52)(H,34,40,42)(H,35,41,43)(H2,44,45,46)/b9-8+. The molecule has 1 amide bonds. The fraction of sp³-hybridized carbons (Fsp3) is 0.645. The van der Waals surface area contributed by atoms with Gasteiger partial charge in [-0.1, -0.05) is 44.3 Å². The highest BCUT2D eigenvalue weighted by molar-refractivity contribution is 7.66. The molecular weight excluding hydrogens is 929 g/mol. The number of unbranched alkanes of at least 4 members (excludes halogenated alkanes) is 6. The minimum atomic E-state index is -5.70. The quantitative estimate of drug-likeness (QED) is 0.0338. The molecule has 352 valence electrons. The number of nitrogens with zero attached hydrogens (tertiary/aromatic N) is 2. The number of H-pyrrole nitrogens is 2. The molecule has 9 N–H and O–H groups in total. The minimum absolute atomic E-state index is 0.0383. The fourth-order valence-corrected chi connectivity index (χ4v) is 10.0. The summed E-state index contributed by atoms with van der Waals surface area (Å²) in [6.07, 6.45) is 5.63. The van der Waals surface area contributed by atoms with Gasteiger partial charge >= 0.3 is 42.7 Å². The highest BCUT2D eigenvalue weighted by atomic mass is 31.3. The maximum atomic E-state index is 12.5. The second kappa shape index (κ2) is 23.5. The smallest absolute Gasteiger partial charge is 0.390 e. The number of aliphatic hydroxyl groups is 1. The second-order valence-electron chi connectivity index (χ2n) is 14.1. The summed E-state index contributed by atoms with van der Waals surface area (Å²) in [5.74, 6) is -0.226. The topological polar surface area (TPSA) is 393 Å². The second-order valence-corrected chi connectivity index (χ2v) is 20.0. The van der Waals surface area contributed by atoms with Gasteiger partial charge in [-0.3, -0.25) is 47.1 Å². The van der Waals surface area contributed by atoms with Crippen molar-refractivity contribution in [2.45, 2.75) is 101 Å². The van der Waals surface area contributed by atoms with Crippen molar-refractivity contribution < 1.29 is 84.3 Å². The van der Waals surface area contributed by atoms with Gasteiger partial charge in [0.2, 0.25) is 11.5 Å². The van der Waals surface area contributed by atoms with Crippen LogP contribution >= 0.6 is 31.3 Å². The molecule has 0 saturated carbocycles. The van der Waals surface area contributed by atoms with Crippen LogP contribution in [0.5, 0.6) is 0 Å². The van der Waals surface area contributed by atoms with E-state index >= 15 is 0 Å². The summed E-state index contributed by atoms with van der Waals surface area (Å²) in [5.41, 5.74) is -3.32. The molecule has 2 saturated heterocycles. The van der Waals surface area contributed by atoms with Crippen LogP contribution in [0.4, 0.5) is 0 Å². The van der Waals surface area contributed by atoms with Crippen molar-refractivity contribution in [2.75, 3.05) is 26.4 Å². The van der Waals surface area contributed by atoms with Crippen molar-refractivity contribution in [1.82, 2.24) is 24.4 Å². The lowest BCUT2D eigenvalue weighted by Crippen LogP contribution is -2.41. The summed E-state index contributed by atoms with van der Waals surface area (Å²) >= 11 is 0. The molecule has 8 atom stereocenters. The number of aromatic nitrogens is 4. The predicted molar refractivity (Wildman–Crippen MR) is 216 cm³/mol. The van der Waals surface area contributed by atoms with Gasteiger partial charge in [-0.05, 0) is 31.1 Å². The van der Waals surface area contributed by atoms with E-state index in [1.807, 2.05) is 4.98 Å². The zero-order chi connectivity index (χ0) is 46.6. The third-order valence-electron chi connectivity index (χ3n) is 9.16. The number of phosphoric acid groups is 4. The number of phosphoric ester groups is 2. The number of carbonyl (C=O) groups excluding carboxylic acids is 1. The van der Waals surface area contributed by atoms with Gasteiger partial charge in [0.05, 0.1) is 37.6 Å². The Bertz CT molecular complexity index is 2350. The Hall–Kier alpha value is -2.97. The lowest BCUT2D eigenvalue weighted by Gasteiger charge is -2.19. The Balaban J connectivity index is 1.05. The van der Waals surface area contributed by atoms with E-state index in [2.05, 4.69) is 23.4 Å². The SMILES string of the molecule is [B]c1cn(C2CC(O)C(COP(=O)(O)OCCCCCCCCCC(=O)NC/C=C/c3cn(C4CCC(COP(=O)(O)OP(=O)(O)OP(=O)(O)O)O4)c(=O)[nH]c3=O)O2)c(=O)[nH]c1=O. The van der Waals surface area contributed by atoms with E-state index in [9.17, 15) is 62.0 Å². The maximum absolute atomic E-state index is 12.5. The van der Waals surface area contributed by atoms with Crippen LogP contribution in [-0.2, 0) is 54.7 Å². The molecule has 2 radical (unpaired) electrons. The molecule has 4 rings (SSSR count). The monoisotopic (exact) mass is 977 g/mol. The first-order chi connectivity index (χ1) is 29.4.